The Balaban J connectivity index is 2.05. The van der Waals surface area contributed by atoms with E-state index >= 15 is 0 Å². The van der Waals surface area contributed by atoms with Gasteiger partial charge in [-0.2, -0.15) is 0 Å². The lowest BCUT2D eigenvalue weighted by Gasteiger charge is -2.17. The topological polar surface area (TPSA) is 66.6 Å². The van der Waals surface area contributed by atoms with E-state index in [0.717, 1.165) is 0 Å². The zero-order valence-corrected chi connectivity index (χ0v) is 8.55. The number of nitrogens with two attached hydrogens (primary N) is 1. The van der Waals surface area contributed by atoms with Crippen LogP contribution in [-0.2, 0) is 9.47 Å². The van der Waals surface area contributed by atoms with Crippen molar-refractivity contribution in [1.29, 1.82) is 0 Å². The Labute approximate surface area is 88.2 Å². The van der Waals surface area contributed by atoms with Crippen LogP contribution < -0.4 is 10.5 Å². The molecule has 2 heterocycles. The van der Waals surface area contributed by atoms with Crippen molar-refractivity contribution in [1.82, 2.24) is 4.98 Å². The van der Waals surface area contributed by atoms with Gasteiger partial charge < -0.3 is 19.9 Å². The first kappa shape index (κ1) is 10.2. The number of pyridine rings is 1. The number of rotatable bonds is 3. The third-order valence-electron chi connectivity index (χ3n) is 2.35. The fourth-order valence-corrected chi connectivity index (χ4v) is 1.49. The lowest BCUT2D eigenvalue weighted by Crippen LogP contribution is -2.32. The van der Waals surface area contributed by atoms with Crippen molar-refractivity contribution < 1.29 is 14.2 Å². The average Bonchev–Trinajstić information content (AvgIpc) is 2.69. The van der Waals surface area contributed by atoms with Crippen LogP contribution in [0.15, 0.2) is 18.3 Å². The summed E-state index contributed by atoms with van der Waals surface area (Å²) in [4.78, 5) is 4.05. The molecule has 5 nitrogen and oxygen atoms in total. The van der Waals surface area contributed by atoms with Gasteiger partial charge in [0.15, 0.2) is 6.10 Å². The largest absolute Gasteiger partial charge is 0.468 e. The minimum absolute atomic E-state index is 0.0496. The zero-order chi connectivity index (χ0) is 10.7. The van der Waals surface area contributed by atoms with Gasteiger partial charge in [0.2, 0.25) is 5.88 Å². The van der Waals surface area contributed by atoms with Crippen LogP contribution in [0.5, 0.6) is 5.88 Å². The van der Waals surface area contributed by atoms with Gasteiger partial charge in [-0.05, 0) is 12.1 Å². The van der Waals surface area contributed by atoms with Gasteiger partial charge in [-0.1, -0.05) is 0 Å². The summed E-state index contributed by atoms with van der Waals surface area (Å²) in [6.45, 7) is 1.06. The standard InChI is InChI=1S/C10H14N2O3/c1-13-8-5-14-6-9(8)15-10-7(11)3-2-4-12-10/h2-4,8-9H,5-6,11H2,1H3/t8-,9+/m0/s1. The molecule has 0 unspecified atom stereocenters. The van der Waals surface area contributed by atoms with Crippen molar-refractivity contribution in [2.75, 3.05) is 26.1 Å². The summed E-state index contributed by atoms with van der Waals surface area (Å²) in [5.74, 6) is 0.440. The Hall–Kier alpha value is -1.33. The maximum atomic E-state index is 5.72. The molecule has 0 spiro atoms. The molecule has 1 aromatic rings. The maximum Gasteiger partial charge on any atom is 0.237 e. The van der Waals surface area contributed by atoms with Crippen LogP contribution >= 0.6 is 0 Å². The Kier molecular flexibility index (Phi) is 3.03. The smallest absolute Gasteiger partial charge is 0.237 e. The summed E-state index contributed by atoms with van der Waals surface area (Å²) < 4.78 is 16.1. The number of hydrogen-bond acceptors (Lipinski definition) is 5. The van der Waals surface area contributed by atoms with Crippen LogP contribution in [0.3, 0.4) is 0 Å². The van der Waals surface area contributed by atoms with Crippen molar-refractivity contribution in [2.24, 2.45) is 0 Å². The first-order chi connectivity index (χ1) is 7.31. The second-order valence-electron chi connectivity index (χ2n) is 3.37. The molecule has 1 aliphatic rings. The zero-order valence-electron chi connectivity index (χ0n) is 8.55. The molecule has 0 amide bonds. The number of hydrogen-bond donors (Lipinski definition) is 1. The van der Waals surface area contributed by atoms with Crippen LogP contribution in [0.1, 0.15) is 0 Å². The molecule has 1 fully saturated rings. The number of ether oxygens (including phenoxy) is 3. The van der Waals surface area contributed by atoms with Gasteiger partial charge in [-0.15, -0.1) is 0 Å². The fraction of sp³-hybridized carbons (Fsp3) is 0.500. The van der Waals surface area contributed by atoms with E-state index in [9.17, 15) is 0 Å². The van der Waals surface area contributed by atoms with E-state index in [4.69, 9.17) is 19.9 Å². The van der Waals surface area contributed by atoms with Crippen molar-refractivity contribution in [3.05, 3.63) is 18.3 Å². The van der Waals surface area contributed by atoms with Gasteiger partial charge in [0.25, 0.3) is 0 Å². The van der Waals surface area contributed by atoms with Crippen molar-refractivity contribution in [2.45, 2.75) is 12.2 Å². The summed E-state index contributed by atoms with van der Waals surface area (Å²) in [6.07, 6.45) is 1.46. The number of aromatic nitrogens is 1. The molecule has 82 valence electrons. The number of nitrogen functional groups attached to an aromatic ring is 1. The Morgan fingerprint density at radius 3 is 3.00 bits per heavy atom. The van der Waals surface area contributed by atoms with Crippen LogP contribution in [0.2, 0.25) is 0 Å². The van der Waals surface area contributed by atoms with E-state index in [-0.39, 0.29) is 12.2 Å². The third-order valence-corrected chi connectivity index (χ3v) is 2.35. The molecule has 0 aliphatic carbocycles. The minimum atomic E-state index is -0.132. The monoisotopic (exact) mass is 210 g/mol. The predicted octanol–water partition coefficient (Wildman–Crippen LogP) is 0.456. The summed E-state index contributed by atoms with van der Waals surface area (Å²) in [7, 11) is 1.64. The number of methoxy groups -OCH3 is 1. The highest BCUT2D eigenvalue weighted by Crippen LogP contribution is 2.21. The van der Waals surface area contributed by atoms with Crippen LogP contribution in [0.25, 0.3) is 0 Å². The summed E-state index contributed by atoms with van der Waals surface area (Å²) in [5, 5.41) is 0. The van der Waals surface area contributed by atoms with Gasteiger partial charge >= 0.3 is 0 Å². The van der Waals surface area contributed by atoms with Crippen LogP contribution in [0, 0.1) is 0 Å². The van der Waals surface area contributed by atoms with E-state index in [1.807, 2.05) is 0 Å². The Morgan fingerprint density at radius 2 is 2.27 bits per heavy atom. The molecule has 2 atom stereocenters. The quantitative estimate of drug-likeness (QED) is 0.784. The highest BCUT2D eigenvalue weighted by Gasteiger charge is 2.30. The highest BCUT2D eigenvalue weighted by molar-refractivity contribution is 5.47. The second kappa shape index (κ2) is 4.46. The molecule has 0 saturated carbocycles. The normalized spacial score (nSPS) is 25.4. The molecule has 0 bridgehead atoms. The molecule has 5 heteroatoms. The van der Waals surface area contributed by atoms with Gasteiger partial charge in [0, 0.05) is 13.3 Å². The molecule has 2 N–H and O–H groups in total. The Morgan fingerprint density at radius 1 is 1.47 bits per heavy atom. The molecule has 1 aliphatic heterocycles. The van der Waals surface area contributed by atoms with Crippen molar-refractivity contribution in [3.8, 4) is 5.88 Å². The molecule has 0 aromatic carbocycles. The summed E-state index contributed by atoms with van der Waals surface area (Å²) in [5.41, 5.74) is 6.24. The molecule has 1 saturated heterocycles. The fourth-order valence-electron chi connectivity index (χ4n) is 1.49. The van der Waals surface area contributed by atoms with E-state index in [1.54, 1.807) is 25.4 Å². The molecule has 0 radical (unpaired) electrons. The van der Waals surface area contributed by atoms with Crippen molar-refractivity contribution >= 4 is 5.69 Å². The molecular weight excluding hydrogens is 196 g/mol. The minimum Gasteiger partial charge on any atom is -0.468 e. The molecule has 1 aromatic heterocycles. The van der Waals surface area contributed by atoms with Crippen LogP contribution in [0.4, 0.5) is 5.69 Å². The first-order valence-corrected chi connectivity index (χ1v) is 4.79. The summed E-state index contributed by atoms with van der Waals surface area (Å²) in [6, 6.07) is 3.51. The van der Waals surface area contributed by atoms with Gasteiger partial charge in [-0.25, -0.2) is 4.98 Å². The number of anilines is 1. The third kappa shape index (κ3) is 2.19. The van der Waals surface area contributed by atoms with Crippen molar-refractivity contribution in [3.63, 3.8) is 0 Å². The van der Waals surface area contributed by atoms with Gasteiger partial charge in [-0.3, -0.25) is 0 Å². The predicted molar refractivity (Wildman–Crippen MR) is 54.7 cm³/mol. The van der Waals surface area contributed by atoms with E-state index < -0.39 is 0 Å². The van der Waals surface area contributed by atoms with E-state index in [0.29, 0.717) is 24.8 Å². The van der Waals surface area contributed by atoms with Gasteiger partial charge in [0.1, 0.15) is 6.10 Å². The average molecular weight is 210 g/mol. The molecule has 2 rings (SSSR count). The SMILES string of the molecule is CO[C@H]1COC[C@H]1Oc1ncccc1N. The highest BCUT2D eigenvalue weighted by atomic mass is 16.6. The van der Waals surface area contributed by atoms with E-state index in [2.05, 4.69) is 4.98 Å². The van der Waals surface area contributed by atoms with Crippen LogP contribution in [-0.4, -0.2) is 37.5 Å². The van der Waals surface area contributed by atoms with E-state index in [1.165, 1.54) is 0 Å². The summed E-state index contributed by atoms with van der Waals surface area (Å²) >= 11 is 0. The lowest BCUT2D eigenvalue weighted by molar-refractivity contribution is 0.0311. The first-order valence-electron chi connectivity index (χ1n) is 4.79. The number of nitrogens with zero attached hydrogens (tertiary/aromatic N) is 1. The second-order valence-corrected chi connectivity index (χ2v) is 3.37. The maximum absolute atomic E-state index is 5.72. The van der Waals surface area contributed by atoms with Gasteiger partial charge in [0.05, 0.1) is 18.9 Å². The molecular formula is C10H14N2O3. The lowest BCUT2D eigenvalue weighted by atomic mass is 10.2. The Bertz CT molecular complexity index is 332. The molecule has 15 heavy (non-hydrogen) atoms.